The molecule has 10 heteroatoms. The van der Waals surface area contributed by atoms with Crippen molar-refractivity contribution in [2.24, 2.45) is 0 Å². The number of hydrogen-bond donors (Lipinski definition) is 0. The van der Waals surface area contributed by atoms with E-state index in [2.05, 4.69) is 21.1 Å². The molecule has 10 nitrogen and oxygen atoms in total. The molecule has 2 aromatic carbocycles. The molecule has 0 spiro atoms. The van der Waals surface area contributed by atoms with Crippen molar-refractivity contribution in [3.05, 3.63) is 47.9 Å². The van der Waals surface area contributed by atoms with Gasteiger partial charge in [-0.15, -0.1) is 0 Å². The summed E-state index contributed by atoms with van der Waals surface area (Å²) in [6, 6.07) is 11.5. The first-order valence-corrected chi connectivity index (χ1v) is 11.6. The summed E-state index contributed by atoms with van der Waals surface area (Å²) >= 11 is 0. The van der Waals surface area contributed by atoms with Gasteiger partial charge in [-0.1, -0.05) is 11.2 Å². The molecule has 0 bridgehead atoms. The highest BCUT2D eigenvalue weighted by Gasteiger charge is 2.23. The normalized spacial score (nSPS) is 15.3. The van der Waals surface area contributed by atoms with Crippen molar-refractivity contribution in [2.75, 3.05) is 47.2 Å². The molecule has 0 aliphatic carbocycles. The van der Waals surface area contributed by atoms with E-state index in [4.69, 9.17) is 23.5 Å². The molecule has 1 saturated heterocycles. The molecule has 1 fully saturated rings. The van der Waals surface area contributed by atoms with Crippen LogP contribution in [0.1, 0.15) is 17.9 Å². The number of aromatic nitrogens is 2. The lowest BCUT2D eigenvalue weighted by atomic mass is 10.1. The van der Waals surface area contributed by atoms with E-state index >= 15 is 0 Å². The van der Waals surface area contributed by atoms with E-state index in [1.807, 2.05) is 23.1 Å². The molecule has 3 aromatic rings. The highest BCUT2D eigenvalue weighted by Crippen LogP contribution is 2.33. The third-order valence-corrected chi connectivity index (χ3v) is 6.23. The number of carbonyl (C=O) groups is 1. The van der Waals surface area contributed by atoms with Crippen LogP contribution in [-0.4, -0.2) is 73.0 Å². The van der Waals surface area contributed by atoms with Gasteiger partial charge in [-0.25, -0.2) is 0 Å². The van der Waals surface area contributed by atoms with E-state index in [1.54, 1.807) is 26.4 Å². The summed E-state index contributed by atoms with van der Waals surface area (Å²) in [5.41, 5.74) is 1.93. The van der Waals surface area contributed by atoms with Crippen LogP contribution in [0.2, 0.25) is 0 Å². The first kappa shape index (κ1) is 23.0. The van der Waals surface area contributed by atoms with E-state index in [1.165, 1.54) is 5.56 Å². The minimum absolute atomic E-state index is 0.0959. The Morgan fingerprint density at radius 3 is 2.57 bits per heavy atom. The summed E-state index contributed by atoms with van der Waals surface area (Å²) in [7, 11) is 3.16. The summed E-state index contributed by atoms with van der Waals surface area (Å²) < 4.78 is 26.8. The Labute approximate surface area is 203 Å². The van der Waals surface area contributed by atoms with Crippen molar-refractivity contribution in [3.63, 3.8) is 0 Å². The fourth-order valence-electron chi connectivity index (χ4n) is 4.27. The first-order chi connectivity index (χ1) is 17.1. The van der Waals surface area contributed by atoms with Crippen molar-refractivity contribution in [1.82, 2.24) is 19.9 Å². The number of fused-ring (bicyclic) bond motifs is 1. The van der Waals surface area contributed by atoms with Gasteiger partial charge in [0.05, 0.1) is 14.2 Å². The molecule has 1 aromatic heterocycles. The highest BCUT2D eigenvalue weighted by molar-refractivity contribution is 5.76. The van der Waals surface area contributed by atoms with Crippen LogP contribution < -0.4 is 18.9 Å². The number of piperazine rings is 1. The Bertz CT molecular complexity index is 1190. The van der Waals surface area contributed by atoms with E-state index in [-0.39, 0.29) is 12.7 Å². The van der Waals surface area contributed by atoms with Crippen molar-refractivity contribution in [1.29, 1.82) is 0 Å². The van der Waals surface area contributed by atoms with Gasteiger partial charge in [0, 0.05) is 51.1 Å². The number of amides is 1. The van der Waals surface area contributed by atoms with Crippen LogP contribution in [0.5, 0.6) is 23.0 Å². The molecule has 0 unspecified atom stereocenters. The zero-order chi connectivity index (χ0) is 24.2. The van der Waals surface area contributed by atoms with Gasteiger partial charge in [-0.05, 0) is 35.9 Å². The quantitative estimate of drug-likeness (QED) is 0.482. The van der Waals surface area contributed by atoms with Gasteiger partial charge >= 0.3 is 0 Å². The van der Waals surface area contributed by atoms with Crippen LogP contribution in [0.3, 0.4) is 0 Å². The third-order valence-electron chi connectivity index (χ3n) is 6.23. The number of carbonyl (C=O) groups excluding carboxylic acids is 1. The molecular weight excluding hydrogens is 452 g/mol. The fraction of sp³-hybridized carbons (Fsp3) is 0.400. The molecule has 0 saturated carbocycles. The lowest BCUT2D eigenvalue weighted by Crippen LogP contribution is -2.48. The second-order valence-corrected chi connectivity index (χ2v) is 8.43. The predicted octanol–water partition coefficient (Wildman–Crippen LogP) is 2.76. The number of nitrogens with zero attached hydrogens (tertiary/aromatic N) is 4. The highest BCUT2D eigenvalue weighted by atomic mass is 16.7. The van der Waals surface area contributed by atoms with E-state index < -0.39 is 0 Å². The standard InChI is InChI=1S/C25H28N4O6/c1-31-19-6-4-18(14-21(19)32-2)25-26-23(35-27-25)7-8-24(30)29-11-9-28(10-12-29)15-17-3-5-20-22(13-17)34-16-33-20/h3-6,13-14H,7-12,15-16H2,1-2H3. The van der Waals surface area contributed by atoms with Crippen LogP contribution in [0.15, 0.2) is 40.9 Å². The van der Waals surface area contributed by atoms with E-state index in [0.29, 0.717) is 49.1 Å². The smallest absolute Gasteiger partial charge is 0.231 e. The predicted molar refractivity (Wildman–Crippen MR) is 126 cm³/mol. The number of ether oxygens (including phenoxy) is 4. The maximum atomic E-state index is 12.8. The summed E-state index contributed by atoms with van der Waals surface area (Å²) in [4.78, 5) is 21.4. The molecule has 0 atom stereocenters. The van der Waals surface area contributed by atoms with Crippen LogP contribution in [0.4, 0.5) is 0 Å². The van der Waals surface area contributed by atoms with Crippen LogP contribution in [-0.2, 0) is 17.8 Å². The maximum Gasteiger partial charge on any atom is 0.231 e. The molecular formula is C25H28N4O6. The summed E-state index contributed by atoms with van der Waals surface area (Å²) in [6.45, 7) is 4.14. The average Bonchev–Trinajstić information content (AvgIpc) is 3.57. The second-order valence-electron chi connectivity index (χ2n) is 8.43. The van der Waals surface area contributed by atoms with Crippen molar-refractivity contribution in [3.8, 4) is 34.4 Å². The topological polar surface area (TPSA) is 99.4 Å². The third kappa shape index (κ3) is 5.17. The van der Waals surface area contributed by atoms with Crippen LogP contribution >= 0.6 is 0 Å². The molecule has 5 rings (SSSR count). The summed E-state index contributed by atoms with van der Waals surface area (Å²) in [5.74, 6) is 3.78. The number of hydrogen-bond acceptors (Lipinski definition) is 9. The number of benzene rings is 2. The molecule has 2 aliphatic heterocycles. The van der Waals surface area contributed by atoms with Gasteiger partial charge in [0.15, 0.2) is 23.0 Å². The molecule has 1 amide bonds. The van der Waals surface area contributed by atoms with Gasteiger partial charge in [0.25, 0.3) is 0 Å². The molecule has 35 heavy (non-hydrogen) atoms. The summed E-state index contributed by atoms with van der Waals surface area (Å²) in [5, 5.41) is 4.05. The van der Waals surface area contributed by atoms with Gasteiger partial charge in [0.2, 0.25) is 24.4 Å². The van der Waals surface area contributed by atoms with Gasteiger partial charge in [0.1, 0.15) is 0 Å². The minimum atomic E-state index is 0.0959. The average molecular weight is 481 g/mol. The van der Waals surface area contributed by atoms with Crippen molar-refractivity contribution < 1.29 is 28.3 Å². The molecule has 0 N–H and O–H groups in total. The lowest BCUT2D eigenvalue weighted by Gasteiger charge is -2.34. The first-order valence-electron chi connectivity index (χ1n) is 11.6. The Balaban J connectivity index is 1.10. The second kappa shape index (κ2) is 10.2. The largest absolute Gasteiger partial charge is 0.493 e. The molecule has 3 heterocycles. The Kier molecular flexibility index (Phi) is 6.71. The zero-order valence-electron chi connectivity index (χ0n) is 19.9. The lowest BCUT2D eigenvalue weighted by molar-refractivity contribution is -0.133. The van der Waals surface area contributed by atoms with Crippen molar-refractivity contribution >= 4 is 5.91 Å². The SMILES string of the molecule is COc1ccc(-c2noc(CCC(=O)N3CCN(Cc4ccc5c(c4)OCO5)CC3)n2)cc1OC. The maximum absolute atomic E-state index is 12.8. The fourth-order valence-corrected chi connectivity index (χ4v) is 4.27. The van der Waals surface area contributed by atoms with E-state index in [9.17, 15) is 4.79 Å². The van der Waals surface area contributed by atoms with E-state index in [0.717, 1.165) is 36.7 Å². The van der Waals surface area contributed by atoms with Gasteiger partial charge in [-0.2, -0.15) is 4.98 Å². The van der Waals surface area contributed by atoms with Crippen LogP contribution in [0, 0.1) is 0 Å². The van der Waals surface area contributed by atoms with Crippen LogP contribution in [0.25, 0.3) is 11.4 Å². The zero-order valence-corrected chi connectivity index (χ0v) is 19.9. The Morgan fingerprint density at radius 1 is 0.971 bits per heavy atom. The Hall–Kier alpha value is -3.79. The molecule has 0 radical (unpaired) electrons. The molecule has 2 aliphatic rings. The number of methoxy groups -OCH3 is 2. The minimum Gasteiger partial charge on any atom is -0.493 e. The summed E-state index contributed by atoms with van der Waals surface area (Å²) in [6.07, 6.45) is 0.728. The van der Waals surface area contributed by atoms with Gasteiger partial charge < -0.3 is 28.4 Å². The van der Waals surface area contributed by atoms with Crippen molar-refractivity contribution in [2.45, 2.75) is 19.4 Å². The Morgan fingerprint density at radius 2 is 1.77 bits per heavy atom. The number of rotatable bonds is 8. The molecule has 184 valence electrons. The number of aryl methyl sites for hydroxylation is 1. The monoisotopic (exact) mass is 480 g/mol. The van der Waals surface area contributed by atoms with Gasteiger partial charge in [-0.3, -0.25) is 9.69 Å².